The molecule has 0 aliphatic heterocycles. The predicted octanol–water partition coefficient (Wildman–Crippen LogP) is 3.31. The maximum absolute atomic E-state index is 13.9. The minimum absolute atomic E-state index is 0.112. The summed E-state index contributed by atoms with van der Waals surface area (Å²) in [5.41, 5.74) is 2.16. The number of sulfonamides is 1. The van der Waals surface area contributed by atoms with Crippen molar-refractivity contribution in [3.63, 3.8) is 0 Å². The molecule has 1 N–H and O–H groups in total. The molecule has 1 heterocycles. The van der Waals surface area contributed by atoms with E-state index < -0.39 is 33.4 Å². The fourth-order valence-electron chi connectivity index (χ4n) is 3.72. The monoisotopic (exact) mass is 575 g/mol. The SMILES string of the molecule is CN=C(N(c1ccc(OC)cc1)S(=O)(=O)c1ccc(OCC(=O)O)cc1)S(=O)Cc1ncc(C)c(OC)c1C. The molecule has 0 aliphatic rings. The van der Waals surface area contributed by atoms with E-state index in [1.54, 1.807) is 25.3 Å². The van der Waals surface area contributed by atoms with Crippen LogP contribution in [-0.2, 0) is 31.4 Å². The zero-order valence-electron chi connectivity index (χ0n) is 22.1. The second-order valence-electron chi connectivity index (χ2n) is 8.16. The molecule has 1 unspecified atom stereocenters. The third-order valence-electron chi connectivity index (χ3n) is 5.62. The Morgan fingerprint density at radius 1 is 1.03 bits per heavy atom. The van der Waals surface area contributed by atoms with Crippen LogP contribution < -0.4 is 18.5 Å². The van der Waals surface area contributed by atoms with Gasteiger partial charge in [0.05, 0.1) is 47.0 Å². The van der Waals surface area contributed by atoms with E-state index in [0.717, 1.165) is 9.87 Å². The average Bonchev–Trinajstić information content (AvgIpc) is 2.92. The molecule has 1 atom stereocenters. The van der Waals surface area contributed by atoms with E-state index in [4.69, 9.17) is 19.3 Å². The van der Waals surface area contributed by atoms with Crippen molar-refractivity contribution in [2.45, 2.75) is 24.5 Å². The molecule has 208 valence electrons. The molecular weight excluding hydrogens is 546 g/mol. The Labute approximate surface area is 229 Å². The van der Waals surface area contributed by atoms with E-state index in [9.17, 15) is 17.4 Å². The molecule has 0 spiro atoms. The van der Waals surface area contributed by atoms with Crippen molar-refractivity contribution in [2.75, 3.05) is 32.2 Å². The highest BCUT2D eigenvalue weighted by Crippen LogP contribution is 2.30. The molecule has 0 amide bonds. The molecule has 0 radical (unpaired) electrons. The third kappa shape index (κ3) is 6.73. The van der Waals surface area contributed by atoms with Crippen molar-refractivity contribution in [2.24, 2.45) is 4.99 Å². The van der Waals surface area contributed by atoms with E-state index in [1.165, 1.54) is 57.7 Å². The fraction of sp³-hybridized carbons (Fsp3) is 0.269. The zero-order valence-corrected chi connectivity index (χ0v) is 23.7. The molecule has 3 aromatic rings. The highest BCUT2D eigenvalue weighted by molar-refractivity contribution is 8.04. The van der Waals surface area contributed by atoms with Gasteiger partial charge in [-0.1, -0.05) is 0 Å². The molecular formula is C26H29N3O8S2. The first kappa shape index (κ1) is 29.6. The van der Waals surface area contributed by atoms with Gasteiger partial charge in [0, 0.05) is 24.4 Å². The summed E-state index contributed by atoms with van der Waals surface area (Å²) >= 11 is 0. The topological polar surface area (TPSA) is 145 Å². The number of aromatic nitrogens is 1. The van der Waals surface area contributed by atoms with Crippen LogP contribution in [0.1, 0.15) is 16.8 Å². The summed E-state index contributed by atoms with van der Waals surface area (Å²) in [6.07, 6.45) is 1.60. The Morgan fingerprint density at radius 3 is 2.18 bits per heavy atom. The van der Waals surface area contributed by atoms with E-state index in [2.05, 4.69) is 9.98 Å². The van der Waals surface area contributed by atoms with Crippen molar-refractivity contribution in [1.29, 1.82) is 0 Å². The number of benzene rings is 2. The number of carboxylic acid groups (broad SMARTS) is 1. The van der Waals surface area contributed by atoms with Crippen molar-refractivity contribution < 1.29 is 36.7 Å². The Balaban J connectivity index is 2.06. The standard InChI is InChI=1S/C26H29N3O8S2/c1-17-14-28-23(18(2)25(17)36-5)16-38(32)26(27-3)29(19-6-8-20(35-4)9-7-19)39(33,34)22-12-10-21(11-13-22)37-15-24(30)31/h6-14H,15-16H2,1-5H3,(H,30,31). The van der Waals surface area contributed by atoms with Crippen LogP contribution in [0.5, 0.6) is 17.2 Å². The summed E-state index contributed by atoms with van der Waals surface area (Å²) in [5.74, 6) is 0.00420. The van der Waals surface area contributed by atoms with Gasteiger partial charge in [-0.25, -0.2) is 17.5 Å². The van der Waals surface area contributed by atoms with E-state index >= 15 is 0 Å². The Hall–Kier alpha value is -3.97. The second kappa shape index (κ2) is 12.7. The summed E-state index contributed by atoms with van der Waals surface area (Å²) in [6.45, 7) is 3.06. The number of amidine groups is 1. The van der Waals surface area contributed by atoms with Crippen LogP contribution in [0.15, 0.2) is 64.6 Å². The van der Waals surface area contributed by atoms with Gasteiger partial charge in [0.15, 0.2) is 6.61 Å². The number of rotatable bonds is 10. The van der Waals surface area contributed by atoms with Crippen LogP contribution in [-0.4, -0.2) is 61.7 Å². The molecule has 39 heavy (non-hydrogen) atoms. The molecule has 13 heteroatoms. The van der Waals surface area contributed by atoms with Crippen molar-refractivity contribution in [3.05, 3.63) is 71.5 Å². The predicted molar refractivity (Wildman–Crippen MR) is 148 cm³/mol. The number of aryl methyl sites for hydroxylation is 1. The molecule has 3 rings (SSSR count). The summed E-state index contributed by atoms with van der Waals surface area (Å²) < 4.78 is 58.2. The maximum Gasteiger partial charge on any atom is 0.341 e. The molecule has 0 saturated heterocycles. The van der Waals surface area contributed by atoms with Gasteiger partial charge in [-0.15, -0.1) is 0 Å². The van der Waals surface area contributed by atoms with Crippen molar-refractivity contribution in [1.82, 2.24) is 4.98 Å². The number of carbonyl (C=O) groups is 1. The molecule has 0 aliphatic carbocycles. The maximum atomic E-state index is 13.9. The van der Waals surface area contributed by atoms with Crippen molar-refractivity contribution >= 4 is 37.6 Å². The molecule has 0 fully saturated rings. The largest absolute Gasteiger partial charge is 0.497 e. The first-order valence-corrected chi connectivity index (χ1v) is 14.3. The van der Waals surface area contributed by atoms with Gasteiger partial charge in [-0.2, -0.15) is 0 Å². The lowest BCUT2D eigenvalue weighted by molar-refractivity contribution is -0.139. The Morgan fingerprint density at radius 2 is 1.64 bits per heavy atom. The minimum atomic E-state index is -4.35. The smallest absolute Gasteiger partial charge is 0.341 e. The first-order valence-electron chi connectivity index (χ1n) is 11.5. The van der Waals surface area contributed by atoms with Gasteiger partial charge in [0.25, 0.3) is 10.0 Å². The van der Waals surface area contributed by atoms with E-state index in [1.807, 2.05) is 6.92 Å². The van der Waals surface area contributed by atoms with Crippen molar-refractivity contribution in [3.8, 4) is 17.2 Å². The fourth-order valence-corrected chi connectivity index (χ4v) is 6.80. The lowest BCUT2D eigenvalue weighted by Crippen LogP contribution is -2.40. The quantitative estimate of drug-likeness (QED) is 0.284. The first-order chi connectivity index (χ1) is 18.5. The Kier molecular flexibility index (Phi) is 9.65. The van der Waals surface area contributed by atoms with Crippen LogP contribution in [0, 0.1) is 13.8 Å². The molecule has 0 saturated carbocycles. The average molecular weight is 576 g/mol. The lowest BCUT2D eigenvalue weighted by atomic mass is 10.1. The van der Waals surface area contributed by atoms with Crippen LogP contribution in [0.25, 0.3) is 0 Å². The minimum Gasteiger partial charge on any atom is -0.497 e. The molecule has 1 aromatic heterocycles. The third-order valence-corrected chi connectivity index (χ3v) is 8.77. The number of pyridine rings is 1. The lowest BCUT2D eigenvalue weighted by Gasteiger charge is -2.25. The molecule has 2 aromatic carbocycles. The number of aliphatic carboxylic acids is 1. The summed E-state index contributed by atoms with van der Waals surface area (Å²) in [4.78, 5) is 19.2. The number of aliphatic imine (C=N–C) groups is 1. The normalized spacial score (nSPS) is 12.5. The van der Waals surface area contributed by atoms with Crippen LogP contribution in [0.2, 0.25) is 0 Å². The highest BCUT2D eigenvalue weighted by Gasteiger charge is 2.33. The molecule has 0 bridgehead atoms. The van der Waals surface area contributed by atoms with Gasteiger partial charge < -0.3 is 19.3 Å². The molecule has 11 nitrogen and oxygen atoms in total. The highest BCUT2D eigenvalue weighted by atomic mass is 32.2. The summed E-state index contributed by atoms with van der Waals surface area (Å²) in [6, 6.07) is 11.4. The van der Waals surface area contributed by atoms with Gasteiger partial charge in [-0.05, 0) is 62.4 Å². The number of nitrogens with zero attached hydrogens (tertiary/aromatic N) is 3. The van der Waals surface area contributed by atoms with Gasteiger partial charge in [-0.3, -0.25) is 14.2 Å². The summed E-state index contributed by atoms with van der Waals surface area (Å²) in [7, 11) is -1.92. The number of hydrogen-bond acceptors (Lipinski definition) is 9. The number of hydrogen-bond donors (Lipinski definition) is 1. The van der Waals surface area contributed by atoms with E-state index in [0.29, 0.717) is 22.8 Å². The second-order valence-corrected chi connectivity index (χ2v) is 11.3. The number of carboxylic acids is 1. The van der Waals surface area contributed by atoms with Gasteiger partial charge >= 0.3 is 5.97 Å². The number of methoxy groups -OCH3 is 2. The Bertz CT molecular complexity index is 1490. The zero-order chi connectivity index (χ0) is 28.7. The van der Waals surface area contributed by atoms with Crippen LogP contribution in [0.4, 0.5) is 5.69 Å². The number of anilines is 1. The van der Waals surface area contributed by atoms with Gasteiger partial charge in [0.2, 0.25) is 5.17 Å². The van der Waals surface area contributed by atoms with Crippen LogP contribution >= 0.6 is 0 Å². The number of ether oxygens (including phenoxy) is 3. The van der Waals surface area contributed by atoms with Gasteiger partial charge in [0.1, 0.15) is 17.2 Å². The van der Waals surface area contributed by atoms with Crippen LogP contribution in [0.3, 0.4) is 0 Å². The summed E-state index contributed by atoms with van der Waals surface area (Å²) in [5, 5.41) is 8.60. The van der Waals surface area contributed by atoms with E-state index in [-0.39, 0.29) is 27.3 Å².